The number of aromatic nitrogens is 3. The summed E-state index contributed by atoms with van der Waals surface area (Å²) >= 11 is 0. The number of amides is 1. The Bertz CT molecular complexity index is 710. The van der Waals surface area contributed by atoms with Crippen molar-refractivity contribution in [2.45, 2.75) is 32.4 Å². The number of carbonyl (C=O) groups is 1. The fourth-order valence-corrected chi connectivity index (χ4v) is 2.34. The molecule has 0 saturated carbocycles. The van der Waals surface area contributed by atoms with Gasteiger partial charge in [0.25, 0.3) is 5.91 Å². The number of pyridine rings is 1. The number of rotatable bonds is 7. The van der Waals surface area contributed by atoms with Crippen molar-refractivity contribution in [2.75, 3.05) is 31.7 Å². The minimum atomic E-state index is -0.246. The Morgan fingerprint density at radius 3 is 2.88 bits per heavy atom. The van der Waals surface area contributed by atoms with E-state index < -0.39 is 0 Å². The predicted octanol–water partition coefficient (Wildman–Crippen LogP) is 1.35. The maximum Gasteiger partial charge on any atom is 0.253 e. The molecule has 2 aromatic rings. The van der Waals surface area contributed by atoms with Crippen molar-refractivity contribution in [3.63, 3.8) is 0 Å². The van der Waals surface area contributed by atoms with Gasteiger partial charge in [0.2, 0.25) is 5.89 Å². The van der Waals surface area contributed by atoms with Gasteiger partial charge in [-0.1, -0.05) is 19.0 Å². The zero-order valence-corrected chi connectivity index (χ0v) is 14.9. The summed E-state index contributed by atoms with van der Waals surface area (Å²) < 4.78 is 16.0. The Labute approximate surface area is 151 Å². The summed E-state index contributed by atoms with van der Waals surface area (Å²) in [5.74, 6) is 1.59. The third kappa shape index (κ3) is 4.99. The normalized spacial score (nSPS) is 17.3. The lowest BCUT2D eigenvalue weighted by Gasteiger charge is -2.23. The molecule has 1 aliphatic heterocycles. The van der Waals surface area contributed by atoms with Crippen LogP contribution in [-0.4, -0.2) is 53.5 Å². The lowest BCUT2D eigenvalue weighted by atomic mass is 10.2. The van der Waals surface area contributed by atoms with Crippen molar-refractivity contribution >= 4 is 11.7 Å². The molecule has 0 radical (unpaired) electrons. The molecule has 1 fully saturated rings. The Morgan fingerprint density at radius 2 is 2.23 bits per heavy atom. The molecule has 9 heteroatoms. The topological polar surface area (TPSA) is 111 Å². The maximum absolute atomic E-state index is 12.2. The molecule has 0 spiro atoms. The predicted molar refractivity (Wildman–Crippen MR) is 92.8 cm³/mol. The summed E-state index contributed by atoms with van der Waals surface area (Å²) in [7, 11) is 0. The fraction of sp³-hybridized carbons (Fsp3) is 0.529. The van der Waals surface area contributed by atoms with E-state index in [2.05, 4.69) is 25.8 Å². The van der Waals surface area contributed by atoms with Gasteiger partial charge in [0, 0.05) is 18.7 Å². The Balaban J connectivity index is 1.46. The SMILES string of the molecule is CC(C)c1nc(CNC(=O)c2ccc(NC[C@H]3COCCO3)nc2)no1. The molecule has 0 aromatic carbocycles. The quantitative estimate of drug-likeness (QED) is 0.760. The number of anilines is 1. The first-order valence-corrected chi connectivity index (χ1v) is 8.62. The summed E-state index contributed by atoms with van der Waals surface area (Å²) in [6.45, 7) is 6.55. The zero-order chi connectivity index (χ0) is 18.4. The van der Waals surface area contributed by atoms with Gasteiger partial charge in [0.05, 0.1) is 38.0 Å². The largest absolute Gasteiger partial charge is 0.376 e. The molecule has 0 unspecified atom stereocenters. The number of nitrogens with one attached hydrogen (secondary N) is 2. The van der Waals surface area contributed by atoms with E-state index >= 15 is 0 Å². The summed E-state index contributed by atoms with van der Waals surface area (Å²) in [4.78, 5) is 20.6. The van der Waals surface area contributed by atoms with Crippen molar-refractivity contribution in [3.05, 3.63) is 35.6 Å². The maximum atomic E-state index is 12.2. The molecule has 0 aliphatic carbocycles. The number of hydrogen-bond donors (Lipinski definition) is 2. The number of nitrogens with zero attached hydrogens (tertiary/aromatic N) is 3. The molecule has 1 amide bonds. The van der Waals surface area contributed by atoms with Gasteiger partial charge >= 0.3 is 0 Å². The van der Waals surface area contributed by atoms with Gasteiger partial charge in [-0.05, 0) is 12.1 Å². The van der Waals surface area contributed by atoms with Crippen molar-refractivity contribution in [2.24, 2.45) is 0 Å². The van der Waals surface area contributed by atoms with Crippen LogP contribution in [0.2, 0.25) is 0 Å². The molecule has 1 saturated heterocycles. The molecule has 1 atom stereocenters. The number of ether oxygens (including phenoxy) is 2. The molecule has 140 valence electrons. The number of hydrogen-bond acceptors (Lipinski definition) is 8. The van der Waals surface area contributed by atoms with E-state index in [1.54, 1.807) is 12.1 Å². The first-order chi connectivity index (χ1) is 12.6. The fourth-order valence-electron chi connectivity index (χ4n) is 2.34. The Kier molecular flexibility index (Phi) is 6.13. The van der Waals surface area contributed by atoms with Gasteiger partial charge < -0.3 is 24.6 Å². The van der Waals surface area contributed by atoms with Crippen LogP contribution < -0.4 is 10.6 Å². The van der Waals surface area contributed by atoms with Gasteiger partial charge in [-0.15, -0.1) is 0 Å². The highest BCUT2D eigenvalue weighted by atomic mass is 16.6. The second-order valence-electron chi connectivity index (χ2n) is 6.27. The first-order valence-electron chi connectivity index (χ1n) is 8.62. The summed E-state index contributed by atoms with van der Waals surface area (Å²) in [5.41, 5.74) is 0.459. The standard InChI is InChI=1S/C17H23N5O4/c1-11(2)17-21-15(22-26-17)9-20-16(23)12-3-4-14(18-7-12)19-8-13-10-24-5-6-25-13/h3-4,7,11,13H,5-6,8-10H2,1-2H3,(H,18,19)(H,20,23)/t13-/m0/s1. The van der Waals surface area contributed by atoms with E-state index in [1.165, 1.54) is 6.20 Å². The van der Waals surface area contributed by atoms with E-state index in [9.17, 15) is 4.79 Å². The third-order valence-corrected chi connectivity index (χ3v) is 3.81. The summed E-state index contributed by atoms with van der Waals surface area (Å²) in [6, 6.07) is 3.46. The van der Waals surface area contributed by atoms with Gasteiger partial charge in [-0.3, -0.25) is 4.79 Å². The van der Waals surface area contributed by atoms with E-state index in [1.807, 2.05) is 13.8 Å². The molecule has 26 heavy (non-hydrogen) atoms. The van der Waals surface area contributed by atoms with Crippen LogP contribution in [0.1, 0.15) is 41.8 Å². The molecule has 2 N–H and O–H groups in total. The van der Waals surface area contributed by atoms with Crippen LogP contribution in [-0.2, 0) is 16.0 Å². The van der Waals surface area contributed by atoms with E-state index in [0.717, 1.165) is 0 Å². The van der Waals surface area contributed by atoms with Crippen molar-refractivity contribution in [1.82, 2.24) is 20.4 Å². The first kappa shape index (κ1) is 18.3. The highest BCUT2D eigenvalue weighted by Crippen LogP contribution is 2.11. The molecule has 2 aromatic heterocycles. The van der Waals surface area contributed by atoms with E-state index in [0.29, 0.717) is 49.5 Å². The van der Waals surface area contributed by atoms with Crippen LogP contribution in [0.4, 0.5) is 5.82 Å². The van der Waals surface area contributed by atoms with Crippen molar-refractivity contribution in [3.8, 4) is 0 Å². The highest BCUT2D eigenvalue weighted by Gasteiger charge is 2.15. The van der Waals surface area contributed by atoms with Gasteiger partial charge in [-0.2, -0.15) is 4.98 Å². The van der Waals surface area contributed by atoms with Crippen LogP contribution in [0, 0.1) is 0 Å². The summed E-state index contributed by atoms with van der Waals surface area (Å²) in [5, 5.41) is 9.76. The molecule has 9 nitrogen and oxygen atoms in total. The second-order valence-corrected chi connectivity index (χ2v) is 6.27. The molecular formula is C17H23N5O4. The average molecular weight is 361 g/mol. The van der Waals surface area contributed by atoms with Gasteiger partial charge in [0.1, 0.15) is 5.82 Å². The minimum Gasteiger partial charge on any atom is -0.376 e. The second kappa shape index (κ2) is 8.72. The van der Waals surface area contributed by atoms with Crippen LogP contribution in [0.25, 0.3) is 0 Å². The van der Waals surface area contributed by atoms with E-state index in [-0.39, 0.29) is 24.5 Å². The summed E-state index contributed by atoms with van der Waals surface area (Å²) in [6.07, 6.45) is 1.53. The lowest BCUT2D eigenvalue weighted by Crippen LogP contribution is -2.34. The lowest BCUT2D eigenvalue weighted by molar-refractivity contribution is -0.0819. The Hall–Kier alpha value is -2.52. The zero-order valence-electron chi connectivity index (χ0n) is 14.9. The molecule has 1 aliphatic rings. The number of carbonyl (C=O) groups excluding carboxylic acids is 1. The van der Waals surface area contributed by atoms with E-state index in [4.69, 9.17) is 14.0 Å². The average Bonchev–Trinajstić information content (AvgIpc) is 3.15. The monoisotopic (exact) mass is 361 g/mol. The smallest absolute Gasteiger partial charge is 0.253 e. The van der Waals surface area contributed by atoms with Crippen LogP contribution in [0.15, 0.2) is 22.9 Å². The molecule has 3 heterocycles. The van der Waals surface area contributed by atoms with Crippen molar-refractivity contribution in [1.29, 1.82) is 0 Å². The van der Waals surface area contributed by atoms with Crippen LogP contribution in [0.5, 0.6) is 0 Å². The molecular weight excluding hydrogens is 338 g/mol. The minimum absolute atomic E-state index is 0.0132. The molecule has 0 bridgehead atoms. The third-order valence-electron chi connectivity index (χ3n) is 3.81. The van der Waals surface area contributed by atoms with Crippen LogP contribution >= 0.6 is 0 Å². The van der Waals surface area contributed by atoms with Gasteiger partial charge in [0.15, 0.2) is 5.82 Å². The highest BCUT2D eigenvalue weighted by molar-refractivity contribution is 5.93. The van der Waals surface area contributed by atoms with Crippen molar-refractivity contribution < 1.29 is 18.8 Å². The van der Waals surface area contributed by atoms with Gasteiger partial charge in [-0.25, -0.2) is 4.98 Å². The Morgan fingerprint density at radius 1 is 1.35 bits per heavy atom. The van der Waals surface area contributed by atoms with Crippen LogP contribution in [0.3, 0.4) is 0 Å². The molecule has 3 rings (SSSR count).